The Hall–Kier alpha value is -6.61. The van der Waals surface area contributed by atoms with Crippen LogP contribution < -0.4 is 22.1 Å². The smallest absolute Gasteiger partial charge is 0.323 e. The fraction of sp³-hybridized carbons (Fsp3) is 0.0976. The normalized spacial score (nSPS) is 10.7. The number of amides is 4. The molecule has 2 aromatic heterocycles. The second-order valence-electron chi connectivity index (χ2n) is 11.9. The van der Waals surface area contributed by atoms with Crippen molar-refractivity contribution in [1.29, 1.82) is 0 Å². The number of pyridine rings is 2. The molecule has 0 bridgehead atoms. The molecule has 6 N–H and O–H groups in total. The van der Waals surface area contributed by atoms with E-state index in [1.54, 1.807) is 24.8 Å². The Bertz CT molecular complexity index is 2000. The van der Waals surface area contributed by atoms with E-state index in [4.69, 9.17) is 11.5 Å². The highest BCUT2D eigenvalue weighted by Crippen LogP contribution is 2.33. The van der Waals surface area contributed by atoms with Crippen molar-refractivity contribution < 1.29 is 14.4 Å². The second kappa shape index (κ2) is 15.5. The number of aryl methyl sites for hydroxylation is 2. The van der Waals surface area contributed by atoms with Crippen molar-refractivity contribution in [3.8, 4) is 44.5 Å². The SMILES string of the molecule is NC(=O)CCc1cc(-c2cccnc2)ccc1-c1cccc(NC(=O)Nc2cccc(-c3ccc(-c4cccnc4)cc3CCC(N)=O)c2)c1. The first-order valence-corrected chi connectivity index (χ1v) is 16.2. The summed E-state index contributed by atoms with van der Waals surface area (Å²) in [6, 6.07) is 34.7. The van der Waals surface area contributed by atoms with Gasteiger partial charge in [0, 0.05) is 49.0 Å². The largest absolute Gasteiger partial charge is 0.370 e. The number of carbonyl (C=O) groups is 3. The summed E-state index contributed by atoms with van der Waals surface area (Å²) in [4.78, 5) is 45.0. The van der Waals surface area contributed by atoms with Crippen LogP contribution in [0, 0.1) is 0 Å². The summed E-state index contributed by atoms with van der Waals surface area (Å²) in [5.41, 5.74) is 21.7. The van der Waals surface area contributed by atoms with Crippen molar-refractivity contribution in [2.75, 3.05) is 10.6 Å². The van der Waals surface area contributed by atoms with Gasteiger partial charge in [-0.05, 0) is 105 Å². The van der Waals surface area contributed by atoms with Crippen LogP contribution in [0.15, 0.2) is 134 Å². The summed E-state index contributed by atoms with van der Waals surface area (Å²) in [5, 5.41) is 5.89. The molecule has 0 unspecified atom stereocenters. The summed E-state index contributed by atoms with van der Waals surface area (Å²) >= 11 is 0. The van der Waals surface area contributed by atoms with Crippen molar-refractivity contribution in [3.63, 3.8) is 0 Å². The van der Waals surface area contributed by atoms with Gasteiger partial charge in [0.1, 0.15) is 0 Å². The minimum atomic E-state index is -0.402. The van der Waals surface area contributed by atoms with E-state index in [1.165, 1.54) is 0 Å². The molecule has 9 heteroatoms. The molecule has 0 radical (unpaired) electrons. The standard InChI is InChI=1S/C41H36N6O3/c42-39(48)17-13-31-21-27(33-7-3-19-44-25-33)11-15-37(31)29-5-1-9-35(23-29)46-41(50)47-36-10-2-6-30(24-36)38-16-12-28(34-8-4-20-45-26-34)22-32(38)14-18-40(43)49/h1-12,15-16,19-26H,13-14,17-18H2,(H2,42,48)(H2,43,49)(H2,46,47,50). The van der Waals surface area contributed by atoms with E-state index in [2.05, 4.69) is 32.7 Å². The third-order valence-corrected chi connectivity index (χ3v) is 8.34. The first kappa shape index (κ1) is 33.3. The Morgan fingerprint density at radius 2 is 0.940 bits per heavy atom. The zero-order chi connectivity index (χ0) is 34.9. The molecule has 0 saturated carbocycles. The van der Waals surface area contributed by atoms with E-state index in [9.17, 15) is 14.4 Å². The molecule has 50 heavy (non-hydrogen) atoms. The molecule has 0 aliphatic rings. The van der Waals surface area contributed by atoms with Crippen LogP contribution in [-0.2, 0) is 22.4 Å². The van der Waals surface area contributed by atoms with Gasteiger partial charge in [-0.3, -0.25) is 19.6 Å². The topological polar surface area (TPSA) is 153 Å². The Balaban J connectivity index is 1.21. The van der Waals surface area contributed by atoms with Gasteiger partial charge in [-0.1, -0.05) is 72.8 Å². The lowest BCUT2D eigenvalue weighted by molar-refractivity contribution is -0.118. The molecule has 0 fully saturated rings. The second-order valence-corrected chi connectivity index (χ2v) is 11.9. The average molecular weight is 661 g/mol. The number of benzene rings is 4. The van der Waals surface area contributed by atoms with Crippen molar-refractivity contribution in [2.24, 2.45) is 11.5 Å². The first-order chi connectivity index (χ1) is 24.3. The van der Waals surface area contributed by atoms with E-state index in [0.717, 1.165) is 55.6 Å². The Labute approximate surface area is 290 Å². The fourth-order valence-electron chi connectivity index (χ4n) is 5.93. The van der Waals surface area contributed by atoms with Gasteiger partial charge in [-0.2, -0.15) is 0 Å². The van der Waals surface area contributed by atoms with E-state index in [1.807, 2.05) is 97.1 Å². The number of urea groups is 1. The molecule has 4 aromatic carbocycles. The van der Waals surface area contributed by atoms with Crippen LogP contribution in [0.4, 0.5) is 16.2 Å². The van der Waals surface area contributed by atoms with Crippen LogP contribution in [0.25, 0.3) is 44.5 Å². The van der Waals surface area contributed by atoms with Gasteiger partial charge in [-0.15, -0.1) is 0 Å². The average Bonchev–Trinajstić information content (AvgIpc) is 3.13. The van der Waals surface area contributed by atoms with Crippen LogP contribution in [0.5, 0.6) is 0 Å². The van der Waals surface area contributed by atoms with E-state index in [0.29, 0.717) is 24.2 Å². The van der Waals surface area contributed by atoms with Crippen molar-refractivity contribution >= 4 is 29.2 Å². The molecule has 4 amide bonds. The molecule has 9 nitrogen and oxygen atoms in total. The summed E-state index contributed by atoms with van der Waals surface area (Å²) in [6.07, 6.45) is 8.43. The molecule has 2 heterocycles. The number of nitrogens with zero attached hydrogens (tertiary/aromatic N) is 2. The van der Waals surface area contributed by atoms with Crippen molar-refractivity contribution in [1.82, 2.24) is 9.97 Å². The lowest BCUT2D eigenvalue weighted by atomic mass is 9.92. The van der Waals surface area contributed by atoms with Gasteiger partial charge in [0.15, 0.2) is 0 Å². The molecule has 0 atom stereocenters. The number of carbonyl (C=O) groups excluding carboxylic acids is 3. The number of hydrogen-bond acceptors (Lipinski definition) is 5. The number of hydrogen-bond donors (Lipinski definition) is 4. The molecular weight excluding hydrogens is 624 g/mol. The number of rotatable bonds is 12. The third kappa shape index (κ3) is 8.45. The number of nitrogens with one attached hydrogen (secondary N) is 2. The van der Waals surface area contributed by atoms with Gasteiger partial charge in [-0.25, -0.2) is 4.79 Å². The maximum absolute atomic E-state index is 13.2. The van der Waals surface area contributed by atoms with Crippen LogP contribution >= 0.6 is 0 Å². The predicted octanol–water partition coefficient (Wildman–Crippen LogP) is 7.62. The van der Waals surface area contributed by atoms with Crippen LogP contribution in [0.3, 0.4) is 0 Å². The Kier molecular flexibility index (Phi) is 10.3. The number of anilines is 2. The van der Waals surface area contributed by atoms with Gasteiger partial charge < -0.3 is 22.1 Å². The first-order valence-electron chi connectivity index (χ1n) is 16.2. The highest BCUT2D eigenvalue weighted by Gasteiger charge is 2.13. The summed E-state index contributed by atoms with van der Waals surface area (Å²) in [6.45, 7) is 0. The highest BCUT2D eigenvalue weighted by atomic mass is 16.2. The van der Waals surface area contributed by atoms with Gasteiger partial charge in [0.05, 0.1) is 0 Å². The van der Waals surface area contributed by atoms with E-state index < -0.39 is 6.03 Å². The number of aromatic nitrogens is 2. The fourth-order valence-corrected chi connectivity index (χ4v) is 5.93. The van der Waals surface area contributed by atoms with Crippen molar-refractivity contribution in [2.45, 2.75) is 25.7 Å². The summed E-state index contributed by atoms with van der Waals surface area (Å²) in [7, 11) is 0. The van der Waals surface area contributed by atoms with Crippen LogP contribution in [0.2, 0.25) is 0 Å². The van der Waals surface area contributed by atoms with Crippen molar-refractivity contribution in [3.05, 3.63) is 145 Å². The zero-order valence-electron chi connectivity index (χ0n) is 27.3. The summed E-state index contributed by atoms with van der Waals surface area (Å²) in [5.74, 6) is -0.745. The molecule has 248 valence electrons. The summed E-state index contributed by atoms with van der Waals surface area (Å²) < 4.78 is 0. The molecule has 6 aromatic rings. The lowest BCUT2D eigenvalue weighted by Crippen LogP contribution is -2.19. The quantitative estimate of drug-likeness (QED) is 0.106. The third-order valence-electron chi connectivity index (χ3n) is 8.34. The zero-order valence-corrected chi connectivity index (χ0v) is 27.3. The molecule has 0 spiro atoms. The van der Waals surface area contributed by atoms with Gasteiger partial charge in [0.25, 0.3) is 0 Å². The maximum Gasteiger partial charge on any atom is 0.323 e. The molecule has 0 aliphatic carbocycles. The lowest BCUT2D eigenvalue weighted by Gasteiger charge is -2.15. The molecular formula is C41H36N6O3. The number of nitrogens with two attached hydrogens (primary N) is 2. The predicted molar refractivity (Wildman–Crippen MR) is 198 cm³/mol. The Morgan fingerprint density at radius 3 is 1.34 bits per heavy atom. The van der Waals surface area contributed by atoms with Crippen LogP contribution in [-0.4, -0.2) is 27.8 Å². The molecule has 0 aliphatic heterocycles. The minimum absolute atomic E-state index is 0.212. The molecule has 0 saturated heterocycles. The van der Waals surface area contributed by atoms with Crippen LogP contribution in [0.1, 0.15) is 24.0 Å². The van der Waals surface area contributed by atoms with E-state index in [-0.39, 0.29) is 24.7 Å². The Morgan fingerprint density at radius 1 is 0.500 bits per heavy atom. The van der Waals surface area contributed by atoms with Gasteiger partial charge >= 0.3 is 6.03 Å². The van der Waals surface area contributed by atoms with E-state index >= 15 is 0 Å². The minimum Gasteiger partial charge on any atom is -0.370 e. The number of primary amides is 2. The molecule has 6 rings (SSSR count). The highest BCUT2D eigenvalue weighted by molar-refractivity contribution is 6.00. The van der Waals surface area contributed by atoms with Gasteiger partial charge in [0.2, 0.25) is 11.8 Å². The maximum atomic E-state index is 13.2. The monoisotopic (exact) mass is 660 g/mol.